The van der Waals surface area contributed by atoms with Gasteiger partial charge in [0.2, 0.25) is 5.91 Å². The van der Waals surface area contributed by atoms with Gasteiger partial charge in [-0.05, 0) is 47.2 Å². The molecule has 8 nitrogen and oxygen atoms in total. The molecular formula is C18H16F3N5O3. The summed E-state index contributed by atoms with van der Waals surface area (Å²) in [5.74, 6) is -0.862. The summed E-state index contributed by atoms with van der Waals surface area (Å²) in [7, 11) is 0. The number of nitrogens with one attached hydrogen (secondary N) is 1. The number of aromatic nitrogens is 4. The van der Waals surface area contributed by atoms with E-state index >= 15 is 0 Å². The Bertz CT molecular complexity index is 1030. The lowest BCUT2D eigenvalue weighted by atomic mass is 10.1. The molecule has 0 aliphatic carbocycles. The van der Waals surface area contributed by atoms with E-state index < -0.39 is 24.0 Å². The lowest BCUT2D eigenvalue weighted by Gasteiger charge is -2.15. The molecule has 1 aromatic heterocycles. The van der Waals surface area contributed by atoms with Crippen LogP contribution < -0.4 is 15.7 Å². The number of alkyl halides is 3. The fourth-order valence-corrected chi connectivity index (χ4v) is 2.57. The zero-order chi connectivity index (χ0) is 21.0. The monoisotopic (exact) mass is 407 g/mol. The van der Waals surface area contributed by atoms with Crippen molar-refractivity contribution in [2.45, 2.75) is 25.9 Å². The molecule has 29 heavy (non-hydrogen) atoms. The highest BCUT2D eigenvalue weighted by Gasteiger charge is 2.31. The molecule has 0 aliphatic rings. The highest BCUT2D eigenvalue weighted by Crippen LogP contribution is 2.24. The number of halogens is 3. The Labute approximate surface area is 162 Å². The van der Waals surface area contributed by atoms with Crippen molar-refractivity contribution in [2.75, 3.05) is 0 Å². The normalized spacial score (nSPS) is 12.4. The minimum atomic E-state index is -4.77. The molecule has 3 aromatic rings. The summed E-state index contributed by atoms with van der Waals surface area (Å²) in [6, 6.07) is 13.2. The van der Waals surface area contributed by atoms with Crippen LogP contribution in [0.1, 0.15) is 18.5 Å². The van der Waals surface area contributed by atoms with Gasteiger partial charge in [0.1, 0.15) is 12.3 Å². The molecule has 11 heteroatoms. The molecule has 0 saturated heterocycles. The Balaban J connectivity index is 1.62. The zero-order valence-electron chi connectivity index (χ0n) is 15.1. The van der Waals surface area contributed by atoms with Gasteiger partial charge in [0.15, 0.2) is 0 Å². The second-order valence-corrected chi connectivity index (χ2v) is 6.07. The molecule has 0 saturated carbocycles. The summed E-state index contributed by atoms with van der Waals surface area (Å²) < 4.78 is 42.4. The van der Waals surface area contributed by atoms with Gasteiger partial charge in [-0.2, -0.15) is 9.36 Å². The van der Waals surface area contributed by atoms with E-state index in [0.29, 0.717) is 11.3 Å². The van der Waals surface area contributed by atoms with Crippen LogP contribution in [0.5, 0.6) is 5.75 Å². The fraction of sp³-hybridized carbons (Fsp3) is 0.222. The Morgan fingerprint density at radius 3 is 2.38 bits per heavy atom. The standard InChI is InChI=1S/C18H16F3N5O3/c1-12(13-7-9-15(10-8-13)29-18(19,20)21)22-16(27)11-25-17(28)26(24-23-25)14-5-3-2-4-6-14/h2-10,12H,11H2,1H3,(H,22,27)/t12-/m0/s1. The number of amides is 1. The van der Waals surface area contributed by atoms with Gasteiger partial charge < -0.3 is 10.1 Å². The Morgan fingerprint density at radius 2 is 1.76 bits per heavy atom. The Kier molecular flexibility index (Phi) is 5.66. The topological polar surface area (TPSA) is 91.0 Å². The van der Waals surface area contributed by atoms with E-state index in [1.165, 1.54) is 12.1 Å². The molecule has 0 spiro atoms. The van der Waals surface area contributed by atoms with Crippen LogP contribution in [0.2, 0.25) is 0 Å². The molecule has 0 aliphatic heterocycles. The third-order valence-corrected chi connectivity index (χ3v) is 3.92. The van der Waals surface area contributed by atoms with Crippen LogP contribution in [0.25, 0.3) is 5.69 Å². The van der Waals surface area contributed by atoms with Crippen LogP contribution in [0.3, 0.4) is 0 Å². The highest BCUT2D eigenvalue weighted by molar-refractivity contribution is 5.76. The van der Waals surface area contributed by atoms with Crippen molar-refractivity contribution in [3.05, 3.63) is 70.6 Å². The zero-order valence-corrected chi connectivity index (χ0v) is 15.1. The number of rotatable bonds is 6. The molecule has 1 amide bonds. The van der Waals surface area contributed by atoms with E-state index in [1.54, 1.807) is 37.3 Å². The predicted octanol–water partition coefficient (Wildman–Crippen LogP) is 2.21. The maximum absolute atomic E-state index is 12.3. The van der Waals surface area contributed by atoms with E-state index in [0.717, 1.165) is 21.5 Å². The van der Waals surface area contributed by atoms with Gasteiger partial charge in [0, 0.05) is 0 Å². The largest absolute Gasteiger partial charge is 0.573 e. The first kappa shape index (κ1) is 20.1. The Hall–Kier alpha value is -3.63. The average Bonchev–Trinajstić information content (AvgIpc) is 3.02. The van der Waals surface area contributed by atoms with Crippen molar-refractivity contribution < 1.29 is 22.7 Å². The summed E-state index contributed by atoms with van der Waals surface area (Å²) >= 11 is 0. The second kappa shape index (κ2) is 8.17. The van der Waals surface area contributed by atoms with Gasteiger partial charge in [-0.1, -0.05) is 30.3 Å². The predicted molar refractivity (Wildman–Crippen MR) is 95.3 cm³/mol. The van der Waals surface area contributed by atoms with Crippen LogP contribution in [0.4, 0.5) is 13.2 Å². The van der Waals surface area contributed by atoms with E-state index in [4.69, 9.17) is 0 Å². The van der Waals surface area contributed by atoms with E-state index in [1.807, 2.05) is 0 Å². The molecule has 0 radical (unpaired) electrons. The van der Waals surface area contributed by atoms with Gasteiger partial charge in [0.25, 0.3) is 0 Å². The number of hydrogen-bond donors (Lipinski definition) is 1. The maximum atomic E-state index is 12.3. The molecule has 2 aromatic carbocycles. The molecule has 1 atom stereocenters. The third-order valence-electron chi connectivity index (χ3n) is 3.92. The van der Waals surface area contributed by atoms with E-state index in [9.17, 15) is 22.8 Å². The first-order chi connectivity index (χ1) is 13.7. The average molecular weight is 407 g/mol. The molecule has 152 valence electrons. The van der Waals surface area contributed by atoms with Crippen molar-refractivity contribution in [1.29, 1.82) is 0 Å². The van der Waals surface area contributed by atoms with E-state index in [2.05, 4.69) is 20.5 Å². The number of para-hydroxylation sites is 1. The number of ether oxygens (including phenoxy) is 1. The second-order valence-electron chi connectivity index (χ2n) is 6.07. The number of carbonyl (C=O) groups excluding carboxylic acids is 1. The quantitative estimate of drug-likeness (QED) is 0.677. The van der Waals surface area contributed by atoms with Crippen LogP contribution in [-0.4, -0.2) is 32.1 Å². The minimum Gasteiger partial charge on any atom is -0.406 e. The molecule has 0 unspecified atom stereocenters. The van der Waals surface area contributed by atoms with E-state index in [-0.39, 0.29) is 12.3 Å². The lowest BCUT2D eigenvalue weighted by Crippen LogP contribution is -2.34. The SMILES string of the molecule is C[C@H](NC(=O)Cn1nnn(-c2ccccc2)c1=O)c1ccc(OC(F)(F)F)cc1. The summed E-state index contributed by atoms with van der Waals surface area (Å²) in [6.07, 6.45) is -4.77. The summed E-state index contributed by atoms with van der Waals surface area (Å²) in [5.41, 5.74) is 0.500. The van der Waals surface area contributed by atoms with Crippen molar-refractivity contribution in [1.82, 2.24) is 25.1 Å². The molecule has 1 N–H and O–H groups in total. The van der Waals surface area contributed by atoms with Crippen molar-refractivity contribution >= 4 is 5.91 Å². The molecular weight excluding hydrogens is 391 g/mol. The smallest absolute Gasteiger partial charge is 0.406 e. The summed E-state index contributed by atoms with van der Waals surface area (Å²) in [5, 5.41) is 10.1. The maximum Gasteiger partial charge on any atom is 0.573 e. The summed E-state index contributed by atoms with van der Waals surface area (Å²) in [4.78, 5) is 24.6. The van der Waals surface area contributed by atoms with Crippen LogP contribution in [-0.2, 0) is 11.3 Å². The number of nitrogens with zero attached hydrogens (tertiary/aromatic N) is 4. The third kappa shape index (κ3) is 5.21. The minimum absolute atomic E-state index is 0.356. The number of benzene rings is 2. The first-order valence-corrected chi connectivity index (χ1v) is 8.46. The van der Waals surface area contributed by atoms with Crippen LogP contribution in [0.15, 0.2) is 59.4 Å². The summed E-state index contributed by atoms with van der Waals surface area (Å²) in [6.45, 7) is 1.30. The first-order valence-electron chi connectivity index (χ1n) is 8.46. The van der Waals surface area contributed by atoms with Gasteiger partial charge in [-0.25, -0.2) is 4.79 Å². The number of tetrazole rings is 1. The van der Waals surface area contributed by atoms with Gasteiger partial charge in [-0.15, -0.1) is 13.2 Å². The van der Waals surface area contributed by atoms with Crippen LogP contribution in [0, 0.1) is 0 Å². The van der Waals surface area contributed by atoms with Gasteiger partial charge in [0.05, 0.1) is 11.7 Å². The number of carbonyl (C=O) groups is 1. The van der Waals surface area contributed by atoms with Crippen LogP contribution >= 0.6 is 0 Å². The van der Waals surface area contributed by atoms with Gasteiger partial charge in [-0.3, -0.25) is 4.79 Å². The molecule has 3 rings (SSSR count). The Morgan fingerprint density at radius 1 is 1.10 bits per heavy atom. The van der Waals surface area contributed by atoms with Crippen molar-refractivity contribution in [2.24, 2.45) is 0 Å². The molecule has 1 heterocycles. The fourth-order valence-electron chi connectivity index (χ4n) is 2.57. The highest BCUT2D eigenvalue weighted by atomic mass is 19.4. The molecule has 0 bridgehead atoms. The number of hydrogen-bond acceptors (Lipinski definition) is 5. The lowest BCUT2D eigenvalue weighted by molar-refractivity contribution is -0.274. The van der Waals surface area contributed by atoms with Crippen molar-refractivity contribution in [3.63, 3.8) is 0 Å². The molecule has 0 fully saturated rings. The van der Waals surface area contributed by atoms with Crippen molar-refractivity contribution in [3.8, 4) is 11.4 Å². The van der Waals surface area contributed by atoms with Gasteiger partial charge >= 0.3 is 12.1 Å².